The van der Waals surface area contributed by atoms with Crippen LogP contribution in [0, 0.1) is 6.92 Å². The topological polar surface area (TPSA) is 6.48 Å². The van der Waals surface area contributed by atoms with Crippen molar-refractivity contribution in [2.75, 3.05) is 9.80 Å². The van der Waals surface area contributed by atoms with E-state index in [-0.39, 0.29) is 39.3 Å². The first-order valence-corrected chi connectivity index (χ1v) is 22.8. The molecule has 5 aromatic rings. The quantitative estimate of drug-likeness (QED) is 0.165. The van der Waals surface area contributed by atoms with Gasteiger partial charge in [0.05, 0.1) is 5.54 Å². The lowest BCUT2D eigenvalue weighted by atomic mass is 9.32. The van der Waals surface area contributed by atoms with Crippen molar-refractivity contribution in [3.05, 3.63) is 136 Å². The highest BCUT2D eigenvalue weighted by atomic mass is 15.3. The van der Waals surface area contributed by atoms with Gasteiger partial charge in [0.25, 0.3) is 6.71 Å². The van der Waals surface area contributed by atoms with Gasteiger partial charge in [-0.3, -0.25) is 0 Å². The number of allylic oxidation sites excluding steroid dienone is 1. The largest absolute Gasteiger partial charge is 0.335 e. The Labute approximate surface area is 355 Å². The molecule has 59 heavy (non-hydrogen) atoms. The van der Waals surface area contributed by atoms with Crippen LogP contribution < -0.4 is 20.7 Å². The van der Waals surface area contributed by atoms with Crippen molar-refractivity contribution in [2.45, 2.75) is 154 Å². The molecule has 5 aromatic carbocycles. The number of aryl methyl sites for hydroxylation is 1. The van der Waals surface area contributed by atoms with E-state index >= 15 is 0 Å². The Morgan fingerprint density at radius 1 is 0.610 bits per heavy atom. The van der Waals surface area contributed by atoms with Crippen molar-refractivity contribution in [2.24, 2.45) is 0 Å². The maximum atomic E-state index is 2.90. The van der Waals surface area contributed by atoms with Gasteiger partial charge in [-0.1, -0.05) is 143 Å². The molecule has 1 saturated carbocycles. The zero-order valence-electron chi connectivity index (χ0n) is 37.9. The Balaban J connectivity index is 1.29. The molecule has 3 aliphatic heterocycles. The number of hydrogen-bond donors (Lipinski definition) is 0. The van der Waals surface area contributed by atoms with Gasteiger partial charge in [-0.25, -0.2) is 0 Å². The summed E-state index contributed by atoms with van der Waals surface area (Å²) in [6.45, 7) is 29.8. The molecule has 3 aliphatic carbocycles. The van der Waals surface area contributed by atoms with E-state index in [1.165, 1.54) is 117 Å². The van der Waals surface area contributed by atoms with Gasteiger partial charge in [0.1, 0.15) is 0 Å². The summed E-state index contributed by atoms with van der Waals surface area (Å²) in [5, 5.41) is 0. The molecule has 0 spiro atoms. The van der Waals surface area contributed by atoms with E-state index < -0.39 is 0 Å². The predicted molar refractivity (Wildman–Crippen MR) is 253 cm³/mol. The fourth-order valence-electron chi connectivity index (χ4n) is 13.3. The fraction of sp³-hybridized carbons (Fsp3) is 0.429. The molecule has 0 radical (unpaired) electrons. The first kappa shape index (κ1) is 37.5. The summed E-state index contributed by atoms with van der Waals surface area (Å²) in [6.07, 6.45) is 7.40. The fourth-order valence-corrected chi connectivity index (χ4v) is 13.3. The molecular formula is C56H63BN2. The van der Waals surface area contributed by atoms with Gasteiger partial charge in [0.15, 0.2) is 0 Å². The van der Waals surface area contributed by atoms with E-state index in [1.807, 2.05) is 0 Å². The van der Waals surface area contributed by atoms with Crippen LogP contribution in [0.25, 0.3) is 16.6 Å². The molecule has 1 fully saturated rings. The number of rotatable bonds is 2. The molecule has 6 aliphatic rings. The minimum Gasteiger partial charge on any atom is -0.335 e. The lowest BCUT2D eigenvalue weighted by Gasteiger charge is -2.53. The monoisotopic (exact) mass is 775 g/mol. The molecule has 0 aromatic heterocycles. The lowest BCUT2D eigenvalue weighted by molar-refractivity contribution is 0.195. The van der Waals surface area contributed by atoms with Crippen LogP contribution in [0.5, 0.6) is 0 Å². The van der Waals surface area contributed by atoms with Crippen LogP contribution in [0.1, 0.15) is 154 Å². The Hall–Kier alpha value is -4.50. The minimum absolute atomic E-state index is 0.0282. The Bertz CT molecular complexity index is 2670. The highest BCUT2D eigenvalue weighted by Gasteiger charge is 2.63. The lowest BCUT2D eigenvalue weighted by Crippen LogP contribution is -2.61. The summed E-state index contributed by atoms with van der Waals surface area (Å²) >= 11 is 0. The molecule has 0 N–H and O–H groups in total. The van der Waals surface area contributed by atoms with E-state index in [9.17, 15) is 0 Å². The van der Waals surface area contributed by atoms with Crippen LogP contribution in [0.2, 0.25) is 0 Å². The third-order valence-corrected chi connectivity index (χ3v) is 17.0. The summed E-state index contributed by atoms with van der Waals surface area (Å²) in [7, 11) is 0. The summed E-state index contributed by atoms with van der Waals surface area (Å²) in [5.41, 5.74) is 24.7. The molecule has 11 rings (SSSR count). The van der Waals surface area contributed by atoms with E-state index in [4.69, 9.17) is 0 Å². The Morgan fingerprint density at radius 3 is 1.93 bits per heavy atom. The zero-order chi connectivity index (χ0) is 41.4. The molecule has 2 unspecified atom stereocenters. The van der Waals surface area contributed by atoms with E-state index in [0.29, 0.717) is 0 Å². The summed E-state index contributed by atoms with van der Waals surface area (Å²) in [5.74, 6) is 0. The van der Waals surface area contributed by atoms with Crippen LogP contribution >= 0.6 is 0 Å². The second kappa shape index (κ2) is 11.7. The van der Waals surface area contributed by atoms with Crippen LogP contribution in [-0.2, 0) is 27.1 Å². The molecule has 0 bridgehead atoms. The summed E-state index contributed by atoms with van der Waals surface area (Å²) in [4.78, 5) is 5.64. The average Bonchev–Trinajstić information content (AvgIpc) is 3.55. The number of nitrogens with zero attached hydrogens (tertiary/aromatic N) is 2. The molecule has 2 nitrogen and oxygen atoms in total. The van der Waals surface area contributed by atoms with Crippen molar-refractivity contribution in [3.8, 4) is 11.1 Å². The van der Waals surface area contributed by atoms with Crippen LogP contribution in [0.3, 0.4) is 0 Å². The van der Waals surface area contributed by atoms with Gasteiger partial charge in [-0.15, -0.1) is 0 Å². The van der Waals surface area contributed by atoms with E-state index in [1.54, 1.807) is 16.7 Å². The normalized spacial score (nSPS) is 24.9. The number of fused-ring (bicyclic) bond motifs is 9. The second-order valence-electron chi connectivity index (χ2n) is 22.9. The third kappa shape index (κ3) is 4.77. The third-order valence-electron chi connectivity index (χ3n) is 17.0. The van der Waals surface area contributed by atoms with Crippen LogP contribution in [0.4, 0.5) is 22.7 Å². The van der Waals surface area contributed by atoms with Crippen molar-refractivity contribution in [3.63, 3.8) is 0 Å². The van der Waals surface area contributed by atoms with Gasteiger partial charge >= 0.3 is 0 Å². The van der Waals surface area contributed by atoms with Crippen molar-refractivity contribution < 1.29 is 0 Å². The maximum absolute atomic E-state index is 2.90. The maximum Gasteiger partial charge on any atom is 0.252 e. The SMILES string of the molecule is Cc1cc2c3c(c1)N1c4c(cc(-c5ccccc5)cc4C4(C)CCCCC14C)B3C1=C(N2c2ccc(C(C)(C)C)cc2)C(C)(C)c2cc3c(cc21)C(C)(C)CCC3(C)C. The van der Waals surface area contributed by atoms with Gasteiger partial charge in [-0.05, 0) is 153 Å². The Kier molecular flexibility index (Phi) is 7.41. The molecule has 3 heteroatoms. The van der Waals surface area contributed by atoms with Gasteiger partial charge in [0.2, 0.25) is 0 Å². The highest BCUT2D eigenvalue weighted by Crippen LogP contribution is 2.64. The highest BCUT2D eigenvalue weighted by molar-refractivity contribution is 7.03. The van der Waals surface area contributed by atoms with Crippen molar-refractivity contribution in [1.29, 1.82) is 0 Å². The molecule has 0 amide bonds. The van der Waals surface area contributed by atoms with Crippen LogP contribution in [0.15, 0.2) is 96.7 Å². The minimum atomic E-state index is -0.231. The zero-order valence-corrected chi connectivity index (χ0v) is 37.9. The molecule has 300 valence electrons. The molecule has 3 heterocycles. The molecular weight excluding hydrogens is 711 g/mol. The van der Waals surface area contributed by atoms with Gasteiger partial charge in [-0.2, -0.15) is 0 Å². The Morgan fingerprint density at radius 2 is 1.25 bits per heavy atom. The van der Waals surface area contributed by atoms with Gasteiger partial charge in [0, 0.05) is 39.3 Å². The predicted octanol–water partition coefficient (Wildman–Crippen LogP) is 13.4. The van der Waals surface area contributed by atoms with Crippen molar-refractivity contribution >= 4 is 45.9 Å². The smallest absolute Gasteiger partial charge is 0.252 e. The first-order valence-electron chi connectivity index (χ1n) is 22.8. The average molecular weight is 775 g/mol. The summed E-state index contributed by atoms with van der Waals surface area (Å²) in [6, 6.07) is 36.7. The van der Waals surface area contributed by atoms with Crippen molar-refractivity contribution in [1.82, 2.24) is 0 Å². The number of anilines is 4. The number of hydrogen-bond acceptors (Lipinski definition) is 2. The molecule has 0 saturated heterocycles. The number of benzene rings is 5. The van der Waals surface area contributed by atoms with E-state index in [2.05, 4.69) is 184 Å². The summed E-state index contributed by atoms with van der Waals surface area (Å²) < 4.78 is 0. The van der Waals surface area contributed by atoms with Gasteiger partial charge < -0.3 is 9.80 Å². The second-order valence-corrected chi connectivity index (χ2v) is 22.9. The van der Waals surface area contributed by atoms with E-state index in [0.717, 1.165) is 0 Å². The first-order chi connectivity index (χ1) is 27.8. The standard InChI is InChI=1S/C56H63BN2/c1-34-28-45-48-46(29-34)59-49-43(55(11)24-16-17-25-56(55,59)12)30-36(35-18-14-13-15-19-35)31-44(49)57(48)47-39-32-41-42(53(7,8)27-26-52(41,5)6)33-40(39)54(9,10)50(47)58(45)38-22-20-37(21-23-38)51(2,3)4/h13-15,18-23,28-33H,16-17,24-27H2,1-12H3. The van der Waals surface area contributed by atoms with Crippen LogP contribution in [-0.4, -0.2) is 12.3 Å². The molecule has 2 atom stereocenters.